The second kappa shape index (κ2) is 12.0. The minimum atomic E-state index is 0. The molecule has 0 amide bonds. The Kier molecular flexibility index (Phi) is 9.72. The van der Waals surface area contributed by atoms with Crippen LogP contribution in [0.1, 0.15) is 12.5 Å². The number of methoxy groups -OCH3 is 1. The highest BCUT2D eigenvalue weighted by Crippen LogP contribution is 2.32. The van der Waals surface area contributed by atoms with Crippen molar-refractivity contribution in [3.63, 3.8) is 0 Å². The van der Waals surface area contributed by atoms with Gasteiger partial charge in [-0.1, -0.05) is 25.1 Å². The number of aliphatic imine (C=N–C) groups is 1. The molecule has 8 heteroatoms. The zero-order valence-corrected chi connectivity index (χ0v) is 20.1. The number of nitrogens with zero attached hydrogens (tertiary/aromatic N) is 1. The lowest BCUT2D eigenvalue weighted by Crippen LogP contribution is -2.39. The Morgan fingerprint density at radius 1 is 1.17 bits per heavy atom. The van der Waals surface area contributed by atoms with Crippen molar-refractivity contribution in [1.82, 2.24) is 10.6 Å². The molecule has 0 saturated heterocycles. The predicted molar refractivity (Wildman–Crippen MR) is 129 cm³/mol. The summed E-state index contributed by atoms with van der Waals surface area (Å²) in [5.41, 5.74) is 1.12. The number of para-hydroxylation sites is 1. The number of benzene rings is 2. The maximum absolute atomic E-state index is 5.42. The average Bonchev–Trinajstić information content (AvgIpc) is 3.20. The summed E-state index contributed by atoms with van der Waals surface area (Å²) in [6.07, 6.45) is 0. The van der Waals surface area contributed by atoms with Gasteiger partial charge in [-0.3, -0.25) is 4.99 Å². The topological polar surface area (TPSA) is 64.1 Å². The zero-order chi connectivity index (χ0) is 19.8. The van der Waals surface area contributed by atoms with Gasteiger partial charge in [0.25, 0.3) is 0 Å². The Bertz CT molecular complexity index is 820. The van der Waals surface area contributed by atoms with Gasteiger partial charge in [0.1, 0.15) is 5.75 Å². The van der Waals surface area contributed by atoms with Crippen LogP contribution in [0.4, 0.5) is 0 Å². The summed E-state index contributed by atoms with van der Waals surface area (Å²) in [5, 5.41) is 6.74. The highest BCUT2D eigenvalue weighted by Gasteiger charge is 2.13. The first kappa shape index (κ1) is 23.5. The van der Waals surface area contributed by atoms with Crippen LogP contribution in [0.5, 0.6) is 17.2 Å². The molecule has 1 atom stereocenters. The number of fused-ring (bicyclic) bond motifs is 1. The fourth-order valence-corrected chi connectivity index (χ4v) is 3.81. The highest BCUT2D eigenvalue weighted by molar-refractivity contribution is 14.0. The standard InChI is InChI=1S/C21H27N3O3S.HI/c1-15(13-28-20-7-5-4-6-18(20)25-3)11-23-21(22-2)24-12-16-8-9-17-19(10-16)27-14-26-17;/h4-10,15H,11-14H2,1-3H3,(H2,22,23,24);1H. The molecule has 2 aromatic rings. The van der Waals surface area contributed by atoms with Crippen LogP contribution in [0.25, 0.3) is 0 Å². The third-order valence-electron chi connectivity index (χ3n) is 4.33. The van der Waals surface area contributed by atoms with Crippen LogP contribution in [-0.4, -0.2) is 39.2 Å². The molecule has 1 unspecified atom stereocenters. The van der Waals surface area contributed by atoms with Crippen molar-refractivity contribution in [1.29, 1.82) is 0 Å². The number of guanidine groups is 1. The molecule has 2 aromatic carbocycles. The summed E-state index contributed by atoms with van der Waals surface area (Å²) < 4.78 is 16.2. The van der Waals surface area contributed by atoms with Crippen molar-refractivity contribution in [3.05, 3.63) is 48.0 Å². The van der Waals surface area contributed by atoms with E-state index < -0.39 is 0 Å². The molecule has 0 aliphatic carbocycles. The number of ether oxygens (including phenoxy) is 3. The van der Waals surface area contributed by atoms with Gasteiger partial charge in [0.15, 0.2) is 17.5 Å². The van der Waals surface area contributed by atoms with E-state index in [-0.39, 0.29) is 24.0 Å². The Hall–Kier alpha value is -1.81. The van der Waals surface area contributed by atoms with Gasteiger partial charge in [0, 0.05) is 30.8 Å². The maximum Gasteiger partial charge on any atom is 0.231 e. The highest BCUT2D eigenvalue weighted by atomic mass is 127. The van der Waals surface area contributed by atoms with E-state index in [0.29, 0.717) is 19.3 Å². The van der Waals surface area contributed by atoms with Crippen LogP contribution >= 0.6 is 35.7 Å². The molecule has 0 fully saturated rings. The van der Waals surface area contributed by atoms with Crippen molar-refractivity contribution in [2.45, 2.75) is 18.4 Å². The molecule has 1 aliphatic heterocycles. The van der Waals surface area contributed by atoms with E-state index in [1.807, 2.05) is 48.2 Å². The number of hydrogen-bond acceptors (Lipinski definition) is 5. The van der Waals surface area contributed by atoms with Gasteiger partial charge < -0.3 is 24.8 Å². The quantitative estimate of drug-likeness (QED) is 0.232. The van der Waals surface area contributed by atoms with Crippen LogP contribution in [0.15, 0.2) is 52.4 Å². The summed E-state index contributed by atoms with van der Waals surface area (Å²) in [5.74, 6) is 4.77. The van der Waals surface area contributed by atoms with Crippen molar-refractivity contribution < 1.29 is 14.2 Å². The molecular weight excluding hydrogens is 501 g/mol. The molecule has 2 N–H and O–H groups in total. The van der Waals surface area contributed by atoms with Gasteiger partial charge in [-0.15, -0.1) is 35.7 Å². The lowest BCUT2D eigenvalue weighted by Gasteiger charge is -2.16. The summed E-state index contributed by atoms with van der Waals surface area (Å²) >= 11 is 1.81. The van der Waals surface area contributed by atoms with E-state index in [1.54, 1.807) is 14.2 Å². The molecule has 6 nitrogen and oxygen atoms in total. The van der Waals surface area contributed by atoms with E-state index in [2.05, 4.69) is 28.6 Å². The van der Waals surface area contributed by atoms with Crippen LogP contribution in [0.3, 0.4) is 0 Å². The third-order valence-corrected chi connectivity index (χ3v) is 5.71. The van der Waals surface area contributed by atoms with Crippen molar-refractivity contribution in [2.75, 3.05) is 33.2 Å². The van der Waals surface area contributed by atoms with E-state index in [1.165, 1.54) is 4.90 Å². The van der Waals surface area contributed by atoms with Gasteiger partial charge >= 0.3 is 0 Å². The van der Waals surface area contributed by atoms with Gasteiger partial charge in [0.05, 0.1) is 7.11 Å². The molecule has 0 radical (unpaired) electrons. The van der Waals surface area contributed by atoms with Gasteiger partial charge in [-0.25, -0.2) is 0 Å². The van der Waals surface area contributed by atoms with Gasteiger partial charge in [-0.05, 0) is 35.7 Å². The summed E-state index contributed by atoms with van der Waals surface area (Å²) in [4.78, 5) is 5.47. The lowest BCUT2D eigenvalue weighted by atomic mass is 10.2. The van der Waals surface area contributed by atoms with E-state index in [4.69, 9.17) is 14.2 Å². The Morgan fingerprint density at radius 3 is 2.76 bits per heavy atom. The second-order valence-corrected chi connectivity index (χ2v) is 7.62. The fourth-order valence-electron chi connectivity index (χ4n) is 2.76. The smallest absolute Gasteiger partial charge is 0.231 e. The minimum Gasteiger partial charge on any atom is -0.496 e. The summed E-state index contributed by atoms with van der Waals surface area (Å²) in [6.45, 7) is 4.02. The number of rotatable bonds is 8. The van der Waals surface area contributed by atoms with Crippen molar-refractivity contribution in [2.24, 2.45) is 10.9 Å². The van der Waals surface area contributed by atoms with Crippen molar-refractivity contribution in [3.8, 4) is 17.2 Å². The molecule has 0 aromatic heterocycles. The molecule has 158 valence electrons. The molecular formula is C21H28IN3O3S. The Morgan fingerprint density at radius 2 is 1.97 bits per heavy atom. The first-order chi connectivity index (χ1) is 13.7. The maximum atomic E-state index is 5.42. The zero-order valence-electron chi connectivity index (χ0n) is 16.9. The molecule has 0 bridgehead atoms. The van der Waals surface area contributed by atoms with Gasteiger partial charge in [0.2, 0.25) is 6.79 Å². The first-order valence-corrected chi connectivity index (χ1v) is 10.3. The molecule has 0 saturated carbocycles. The summed E-state index contributed by atoms with van der Waals surface area (Å²) in [7, 11) is 3.49. The normalized spacial score (nSPS) is 13.4. The average molecular weight is 529 g/mol. The van der Waals surface area contributed by atoms with Crippen molar-refractivity contribution >= 4 is 41.7 Å². The van der Waals surface area contributed by atoms with E-state index >= 15 is 0 Å². The van der Waals surface area contributed by atoms with Crippen LogP contribution < -0.4 is 24.8 Å². The SMILES string of the molecule is CN=C(NCc1ccc2c(c1)OCO2)NCC(C)CSc1ccccc1OC.I. The second-order valence-electron chi connectivity index (χ2n) is 6.56. The monoisotopic (exact) mass is 529 g/mol. The van der Waals surface area contributed by atoms with Crippen LogP contribution in [0.2, 0.25) is 0 Å². The molecule has 1 heterocycles. The number of halogens is 1. The molecule has 1 aliphatic rings. The Balaban J connectivity index is 0.00000300. The molecule has 0 spiro atoms. The molecule has 29 heavy (non-hydrogen) atoms. The Labute approximate surface area is 193 Å². The van der Waals surface area contributed by atoms with Crippen LogP contribution in [0, 0.1) is 5.92 Å². The summed E-state index contributed by atoms with van der Waals surface area (Å²) in [6, 6.07) is 14.1. The minimum absolute atomic E-state index is 0. The lowest BCUT2D eigenvalue weighted by molar-refractivity contribution is 0.174. The van der Waals surface area contributed by atoms with Gasteiger partial charge in [-0.2, -0.15) is 0 Å². The third kappa shape index (κ3) is 6.88. The fraction of sp³-hybridized carbons (Fsp3) is 0.381. The van der Waals surface area contributed by atoms with E-state index in [9.17, 15) is 0 Å². The molecule has 3 rings (SSSR count). The van der Waals surface area contributed by atoms with Crippen LogP contribution in [-0.2, 0) is 6.54 Å². The largest absolute Gasteiger partial charge is 0.496 e. The predicted octanol–water partition coefficient (Wildman–Crippen LogP) is 4.14. The van der Waals surface area contributed by atoms with E-state index in [0.717, 1.165) is 41.1 Å². The number of hydrogen-bond donors (Lipinski definition) is 2. The first-order valence-electron chi connectivity index (χ1n) is 9.28. The number of thioether (sulfide) groups is 1. The number of nitrogens with one attached hydrogen (secondary N) is 2.